The van der Waals surface area contributed by atoms with Crippen LogP contribution in [0.1, 0.15) is 32.4 Å². The van der Waals surface area contributed by atoms with Gasteiger partial charge >= 0.3 is 13.2 Å². The third-order valence-corrected chi connectivity index (χ3v) is 4.18. The molecule has 2 heterocycles. The number of hydrogen-bond acceptors (Lipinski definition) is 5. The van der Waals surface area contributed by atoms with Crippen LogP contribution < -0.4 is 15.5 Å². The van der Waals surface area contributed by atoms with Gasteiger partial charge in [0.25, 0.3) is 0 Å². The van der Waals surface area contributed by atoms with Gasteiger partial charge in [-0.2, -0.15) is 0 Å². The van der Waals surface area contributed by atoms with Crippen molar-refractivity contribution in [3.05, 3.63) is 22.2 Å². The molecular weight excluding hydrogens is 365 g/mol. The maximum absolute atomic E-state index is 11.8. The van der Waals surface area contributed by atoms with Crippen molar-refractivity contribution in [2.24, 2.45) is 0 Å². The van der Waals surface area contributed by atoms with Crippen LogP contribution in [-0.2, 0) is 14.0 Å². The summed E-state index contributed by atoms with van der Waals surface area (Å²) >= 11 is 3.54. The minimum Gasteiger partial charge on any atom is -0.492 e. The van der Waals surface area contributed by atoms with Crippen LogP contribution in [-0.4, -0.2) is 38.6 Å². The number of carbonyl (C=O) groups is 1. The molecule has 1 aromatic rings. The van der Waals surface area contributed by atoms with E-state index in [1.807, 2.05) is 32.9 Å². The first-order chi connectivity index (χ1) is 10.8. The Balaban J connectivity index is 1.76. The summed E-state index contributed by atoms with van der Waals surface area (Å²) in [5.74, 6) is 0.757. The molecule has 1 N–H and O–H groups in total. The van der Waals surface area contributed by atoms with E-state index < -0.39 is 19.3 Å². The highest BCUT2D eigenvalue weighted by atomic mass is 79.9. The SMILES string of the molecule is CC(C)(C)NC(=O)OC[C@H]1OB2OCCOc3ccc(Br)c1c32. The van der Waals surface area contributed by atoms with Gasteiger partial charge in [0.15, 0.2) is 0 Å². The molecular formula is C15H19BBrNO5. The van der Waals surface area contributed by atoms with E-state index in [4.69, 9.17) is 18.8 Å². The highest BCUT2D eigenvalue weighted by Crippen LogP contribution is 2.35. The summed E-state index contributed by atoms with van der Waals surface area (Å²) in [6.45, 7) is 6.73. The van der Waals surface area contributed by atoms with Gasteiger partial charge in [0.2, 0.25) is 0 Å². The number of alkyl carbamates (subject to hydrolysis) is 1. The zero-order chi connectivity index (χ0) is 16.6. The molecule has 0 spiro atoms. The summed E-state index contributed by atoms with van der Waals surface area (Å²) in [4.78, 5) is 11.8. The number of amides is 1. The van der Waals surface area contributed by atoms with Gasteiger partial charge < -0.3 is 24.1 Å². The van der Waals surface area contributed by atoms with E-state index >= 15 is 0 Å². The Kier molecular flexibility index (Phi) is 4.57. The predicted molar refractivity (Wildman–Crippen MR) is 89.0 cm³/mol. The molecule has 3 rings (SSSR count). The zero-order valence-electron chi connectivity index (χ0n) is 13.3. The molecule has 1 amide bonds. The molecule has 0 radical (unpaired) electrons. The lowest BCUT2D eigenvalue weighted by Gasteiger charge is -2.21. The highest BCUT2D eigenvalue weighted by molar-refractivity contribution is 9.10. The van der Waals surface area contributed by atoms with Crippen LogP contribution >= 0.6 is 15.9 Å². The van der Waals surface area contributed by atoms with Crippen molar-refractivity contribution in [1.29, 1.82) is 0 Å². The van der Waals surface area contributed by atoms with E-state index in [-0.39, 0.29) is 12.1 Å². The molecule has 124 valence electrons. The second kappa shape index (κ2) is 6.34. The average Bonchev–Trinajstić information content (AvgIpc) is 2.69. The minimum atomic E-state index is -0.487. The van der Waals surface area contributed by atoms with E-state index in [1.165, 1.54) is 0 Å². The lowest BCUT2D eigenvalue weighted by atomic mass is 9.78. The molecule has 0 aliphatic carbocycles. The van der Waals surface area contributed by atoms with E-state index in [1.54, 1.807) is 0 Å². The summed E-state index contributed by atoms with van der Waals surface area (Å²) in [6, 6.07) is 3.80. The normalized spacial score (nSPS) is 19.7. The molecule has 1 aromatic carbocycles. The fourth-order valence-corrected chi connectivity index (χ4v) is 3.22. The molecule has 0 aromatic heterocycles. The van der Waals surface area contributed by atoms with Crippen LogP contribution in [0.3, 0.4) is 0 Å². The van der Waals surface area contributed by atoms with Crippen molar-refractivity contribution in [3.63, 3.8) is 0 Å². The largest absolute Gasteiger partial charge is 0.498 e. The third kappa shape index (κ3) is 3.64. The van der Waals surface area contributed by atoms with Crippen LogP contribution in [0.15, 0.2) is 16.6 Å². The molecule has 2 aliphatic heterocycles. The van der Waals surface area contributed by atoms with Crippen LogP contribution in [0.5, 0.6) is 5.75 Å². The topological polar surface area (TPSA) is 66.0 Å². The molecule has 0 saturated heterocycles. The molecule has 0 bridgehead atoms. The van der Waals surface area contributed by atoms with Crippen molar-refractivity contribution in [1.82, 2.24) is 5.32 Å². The standard InChI is InChI=1S/C15H19BBrNO5/c1-15(2,3)18-14(19)21-8-11-12-9(17)4-5-10-13(12)16(23-11)22-7-6-20-10/h4-5,11H,6-8H2,1-3H3,(H,18,19)/t11-/m1/s1. The number of benzene rings is 1. The Morgan fingerprint density at radius 1 is 1.43 bits per heavy atom. The quantitative estimate of drug-likeness (QED) is 0.792. The fraction of sp³-hybridized carbons (Fsp3) is 0.533. The first kappa shape index (κ1) is 16.6. The van der Waals surface area contributed by atoms with E-state index in [0.717, 1.165) is 21.2 Å². The number of rotatable bonds is 2. The minimum absolute atomic E-state index is 0.108. The maximum atomic E-state index is 11.8. The van der Waals surface area contributed by atoms with Gasteiger partial charge in [0, 0.05) is 21.0 Å². The monoisotopic (exact) mass is 383 g/mol. The predicted octanol–water partition coefficient (Wildman–Crippen LogP) is 2.15. The van der Waals surface area contributed by atoms with Crippen molar-refractivity contribution >= 4 is 34.6 Å². The van der Waals surface area contributed by atoms with E-state index in [9.17, 15) is 4.79 Å². The molecule has 0 saturated carbocycles. The lowest BCUT2D eigenvalue weighted by Crippen LogP contribution is -2.41. The van der Waals surface area contributed by atoms with E-state index in [2.05, 4.69) is 21.2 Å². The summed E-state index contributed by atoms with van der Waals surface area (Å²) in [5.41, 5.74) is 1.44. The molecule has 8 heteroatoms. The first-order valence-corrected chi connectivity index (χ1v) is 8.31. The van der Waals surface area contributed by atoms with Gasteiger partial charge in [-0.05, 0) is 32.9 Å². The van der Waals surface area contributed by atoms with Gasteiger partial charge in [-0.1, -0.05) is 15.9 Å². The number of carbonyl (C=O) groups excluding carboxylic acids is 1. The van der Waals surface area contributed by atoms with Crippen LogP contribution in [0, 0.1) is 0 Å². The van der Waals surface area contributed by atoms with Crippen molar-refractivity contribution in [3.8, 4) is 5.75 Å². The Labute approximate surface area is 144 Å². The fourth-order valence-electron chi connectivity index (χ4n) is 2.62. The number of hydrogen-bond donors (Lipinski definition) is 1. The van der Waals surface area contributed by atoms with Crippen molar-refractivity contribution in [2.75, 3.05) is 19.8 Å². The smallest absolute Gasteiger partial charge is 0.492 e. The molecule has 0 fully saturated rings. The Morgan fingerprint density at radius 3 is 2.96 bits per heavy atom. The van der Waals surface area contributed by atoms with Crippen molar-refractivity contribution in [2.45, 2.75) is 32.4 Å². The zero-order valence-corrected chi connectivity index (χ0v) is 14.9. The van der Waals surface area contributed by atoms with Gasteiger partial charge in [0.05, 0.1) is 6.61 Å². The summed E-state index contributed by atoms with van der Waals surface area (Å²) in [7, 11) is -0.487. The Hall–Kier alpha value is -1.25. The lowest BCUT2D eigenvalue weighted by molar-refractivity contribution is 0.0666. The summed E-state index contributed by atoms with van der Waals surface area (Å²) < 4.78 is 23.5. The van der Waals surface area contributed by atoms with E-state index in [0.29, 0.717) is 13.2 Å². The van der Waals surface area contributed by atoms with Crippen molar-refractivity contribution < 1.29 is 23.6 Å². The summed E-state index contributed by atoms with van der Waals surface area (Å²) in [6.07, 6.45) is -0.862. The van der Waals surface area contributed by atoms with Gasteiger partial charge in [-0.25, -0.2) is 4.79 Å². The third-order valence-electron chi connectivity index (χ3n) is 3.49. The molecule has 0 unspecified atom stereocenters. The van der Waals surface area contributed by atoms with Gasteiger partial charge in [0.1, 0.15) is 25.1 Å². The Morgan fingerprint density at radius 2 is 2.22 bits per heavy atom. The second-order valence-electron chi connectivity index (χ2n) is 6.52. The molecule has 1 atom stereocenters. The molecule has 2 aliphatic rings. The number of halogens is 1. The van der Waals surface area contributed by atoms with Gasteiger partial charge in [-0.3, -0.25) is 0 Å². The molecule has 6 nitrogen and oxygen atoms in total. The van der Waals surface area contributed by atoms with Crippen LogP contribution in [0.4, 0.5) is 4.79 Å². The van der Waals surface area contributed by atoms with Crippen LogP contribution in [0.2, 0.25) is 0 Å². The van der Waals surface area contributed by atoms with Crippen LogP contribution in [0.25, 0.3) is 0 Å². The van der Waals surface area contributed by atoms with Gasteiger partial charge in [-0.15, -0.1) is 0 Å². The highest BCUT2D eigenvalue weighted by Gasteiger charge is 2.43. The number of nitrogens with one attached hydrogen (secondary N) is 1. The Bertz CT molecular complexity index is 619. The molecule has 23 heavy (non-hydrogen) atoms. The average molecular weight is 384 g/mol. The first-order valence-electron chi connectivity index (χ1n) is 7.52. The summed E-state index contributed by atoms with van der Waals surface area (Å²) in [5, 5.41) is 2.76. The maximum Gasteiger partial charge on any atom is 0.498 e. The second-order valence-corrected chi connectivity index (χ2v) is 7.38. The number of ether oxygens (including phenoxy) is 2.